The van der Waals surface area contributed by atoms with E-state index in [-0.39, 0.29) is 6.42 Å². The maximum absolute atomic E-state index is 10.5. The molecule has 0 aliphatic heterocycles. The lowest BCUT2D eigenvalue weighted by Gasteiger charge is -2.04. The van der Waals surface area contributed by atoms with E-state index in [0.29, 0.717) is 15.1 Å². The number of hydrogen-bond acceptors (Lipinski definition) is 1. The molecule has 0 bridgehead atoms. The second-order valence-corrected chi connectivity index (χ2v) is 4.58. The lowest BCUT2D eigenvalue weighted by atomic mass is 10.1. The van der Waals surface area contributed by atoms with E-state index in [1.165, 1.54) is 0 Å². The van der Waals surface area contributed by atoms with Gasteiger partial charge in [0.2, 0.25) is 0 Å². The molecule has 0 spiro atoms. The van der Waals surface area contributed by atoms with Gasteiger partial charge in [0.05, 0.1) is 11.4 Å². The van der Waals surface area contributed by atoms with E-state index >= 15 is 0 Å². The predicted octanol–water partition coefficient (Wildman–Crippen LogP) is 3.49. The minimum Gasteiger partial charge on any atom is -0.481 e. The van der Waals surface area contributed by atoms with Crippen LogP contribution in [0.25, 0.3) is 0 Å². The summed E-state index contributed by atoms with van der Waals surface area (Å²) in [4.78, 5) is 10.5. The van der Waals surface area contributed by atoms with Crippen LogP contribution >= 0.6 is 43.5 Å². The molecule has 0 unspecified atom stereocenters. The molecule has 0 heterocycles. The molecule has 0 radical (unpaired) electrons. The van der Waals surface area contributed by atoms with E-state index in [9.17, 15) is 4.79 Å². The molecule has 0 saturated heterocycles. The van der Waals surface area contributed by atoms with E-state index in [1.807, 2.05) is 0 Å². The Morgan fingerprint density at radius 1 is 1.46 bits per heavy atom. The average molecular weight is 328 g/mol. The highest BCUT2D eigenvalue weighted by atomic mass is 79.9. The lowest BCUT2D eigenvalue weighted by Crippen LogP contribution is -2.00. The standard InChI is InChI=1S/C8H5Br2ClO2/c9-5-1-4(2-7(12)13)8(11)6(10)3-5/h1,3H,2H2,(H,12,13). The quantitative estimate of drug-likeness (QED) is 0.844. The third-order valence-electron chi connectivity index (χ3n) is 1.41. The molecule has 0 atom stereocenters. The summed E-state index contributed by atoms with van der Waals surface area (Å²) in [5.74, 6) is -0.896. The molecule has 0 aromatic heterocycles. The van der Waals surface area contributed by atoms with Crippen LogP contribution in [0, 0.1) is 0 Å². The Hall–Kier alpha value is -0.0600. The Morgan fingerprint density at radius 3 is 2.62 bits per heavy atom. The van der Waals surface area contributed by atoms with E-state index in [1.54, 1.807) is 12.1 Å². The second-order valence-electron chi connectivity index (χ2n) is 2.43. The molecule has 0 saturated carbocycles. The second kappa shape index (κ2) is 4.44. The topological polar surface area (TPSA) is 37.3 Å². The van der Waals surface area contributed by atoms with Crippen molar-refractivity contribution >= 4 is 49.4 Å². The minimum absolute atomic E-state index is 0.0725. The van der Waals surface area contributed by atoms with Crippen LogP contribution in [0.4, 0.5) is 0 Å². The van der Waals surface area contributed by atoms with Crippen LogP contribution in [0.5, 0.6) is 0 Å². The van der Waals surface area contributed by atoms with E-state index in [0.717, 1.165) is 4.47 Å². The first-order valence-electron chi connectivity index (χ1n) is 3.36. The molecule has 2 nitrogen and oxygen atoms in total. The first-order valence-corrected chi connectivity index (χ1v) is 5.32. The van der Waals surface area contributed by atoms with Gasteiger partial charge < -0.3 is 5.11 Å². The molecule has 1 rings (SSSR count). The number of halogens is 3. The predicted molar refractivity (Wildman–Crippen MR) is 58.2 cm³/mol. The first-order chi connectivity index (χ1) is 6.00. The van der Waals surface area contributed by atoms with Gasteiger partial charge >= 0.3 is 5.97 Å². The van der Waals surface area contributed by atoms with Gasteiger partial charge in [-0.3, -0.25) is 4.79 Å². The fraction of sp³-hybridized carbons (Fsp3) is 0.125. The van der Waals surface area contributed by atoms with Crippen molar-refractivity contribution in [1.29, 1.82) is 0 Å². The highest BCUT2D eigenvalue weighted by molar-refractivity contribution is 9.11. The molecule has 1 aromatic carbocycles. The van der Waals surface area contributed by atoms with Gasteiger partial charge in [-0.05, 0) is 33.6 Å². The third kappa shape index (κ3) is 2.97. The van der Waals surface area contributed by atoms with Gasteiger partial charge in [-0.2, -0.15) is 0 Å². The number of rotatable bonds is 2. The summed E-state index contributed by atoms with van der Waals surface area (Å²) in [7, 11) is 0. The molecule has 0 aliphatic carbocycles. The summed E-state index contributed by atoms with van der Waals surface area (Å²) < 4.78 is 1.50. The van der Waals surface area contributed by atoms with Gasteiger partial charge in [0.15, 0.2) is 0 Å². The lowest BCUT2D eigenvalue weighted by molar-refractivity contribution is -0.136. The molecular formula is C8H5Br2ClO2. The van der Waals surface area contributed by atoms with Gasteiger partial charge in [-0.15, -0.1) is 0 Å². The summed E-state index contributed by atoms with van der Waals surface area (Å²) in [5, 5.41) is 9.03. The van der Waals surface area contributed by atoms with Crippen molar-refractivity contribution in [3.8, 4) is 0 Å². The molecule has 0 fully saturated rings. The van der Waals surface area contributed by atoms with Crippen LogP contribution in [0.3, 0.4) is 0 Å². The maximum Gasteiger partial charge on any atom is 0.307 e. The van der Waals surface area contributed by atoms with E-state index in [2.05, 4.69) is 31.9 Å². The van der Waals surface area contributed by atoms with Crippen molar-refractivity contribution < 1.29 is 9.90 Å². The van der Waals surface area contributed by atoms with Crippen LogP contribution < -0.4 is 0 Å². The fourth-order valence-corrected chi connectivity index (χ4v) is 2.39. The van der Waals surface area contributed by atoms with Crippen LogP contribution in [0.15, 0.2) is 21.1 Å². The highest BCUT2D eigenvalue weighted by Crippen LogP contribution is 2.30. The van der Waals surface area contributed by atoms with Crippen LogP contribution in [-0.4, -0.2) is 11.1 Å². The van der Waals surface area contributed by atoms with Crippen molar-refractivity contribution in [2.45, 2.75) is 6.42 Å². The number of carboxylic acid groups (broad SMARTS) is 1. The van der Waals surface area contributed by atoms with Gasteiger partial charge in [0, 0.05) is 8.95 Å². The number of aliphatic carboxylic acids is 1. The summed E-state index contributed by atoms with van der Waals surface area (Å²) in [5.41, 5.74) is 0.593. The van der Waals surface area contributed by atoms with E-state index < -0.39 is 5.97 Å². The number of carboxylic acids is 1. The van der Waals surface area contributed by atoms with Gasteiger partial charge in [-0.1, -0.05) is 27.5 Å². The highest BCUT2D eigenvalue weighted by Gasteiger charge is 2.09. The van der Waals surface area contributed by atoms with Crippen molar-refractivity contribution in [1.82, 2.24) is 0 Å². The molecule has 70 valence electrons. The molecule has 1 N–H and O–H groups in total. The molecule has 0 amide bonds. The molecule has 1 aromatic rings. The Kier molecular flexibility index (Phi) is 3.76. The zero-order valence-corrected chi connectivity index (χ0v) is 10.3. The van der Waals surface area contributed by atoms with Crippen LogP contribution in [0.2, 0.25) is 5.02 Å². The average Bonchev–Trinajstić information content (AvgIpc) is 1.98. The van der Waals surface area contributed by atoms with Gasteiger partial charge in [0.25, 0.3) is 0 Å². The van der Waals surface area contributed by atoms with Crippen molar-refractivity contribution in [3.05, 3.63) is 31.7 Å². The maximum atomic E-state index is 10.5. The molecule has 5 heteroatoms. The van der Waals surface area contributed by atoms with Crippen LogP contribution in [-0.2, 0) is 11.2 Å². The van der Waals surface area contributed by atoms with Crippen molar-refractivity contribution in [2.75, 3.05) is 0 Å². The zero-order valence-electron chi connectivity index (χ0n) is 6.35. The summed E-state index contributed by atoms with van der Waals surface area (Å²) >= 11 is 12.4. The Morgan fingerprint density at radius 2 is 2.08 bits per heavy atom. The number of hydrogen-bond donors (Lipinski definition) is 1. The summed E-state index contributed by atoms with van der Waals surface area (Å²) in [6.07, 6.45) is -0.0725. The molecule has 0 aliphatic rings. The summed E-state index contributed by atoms with van der Waals surface area (Å²) in [6.45, 7) is 0. The van der Waals surface area contributed by atoms with Gasteiger partial charge in [0.1, 0.15) is 0 Å². The zero-order chi connectivity index (χ0) is 10.0. The SMILES string of the molecule is O=C(O)Cc1cc(Br)cc(Br)c1Cl. The van der Waals surface area contributed by atoms with Crippen LogP contribution in [0.1, 0.15) is 5.56 Å². The monoisotopic (exact) mass is 326 g/mol. The summed E-state index contributed by atoms with van der Waals surface area (Å²) in [6, 6.07) is 3.47. The van der Waals surface area contributed by atoms with Crippen molar-refractivity contribution in [2.24, 2.45) is 0 Å². The number of carbonyl (C=O) groups is 1. The fourth-order valence-electron chi connectivity index (χ4n) is 0.901. The Balaban J connectivity index is 3.12. The van der Waals surface area contributed by atoms with Gasteiger partial charge in [-0.25, -0.2) is 0 Å². The third-order valence-corrected chi connectivity index (χ3v) is 3.17. The Labute approximate surface area is 97.2 Å². The minimum atomic E-state index is -0.896. The molecule has 13 heavy (non-hydrogen) atoms. The Bertz CT molecular complexity index is 352. The first kappa shape index (κ1) is 11.0. The normalized spacial score (nSPS) is 10.1. The smallest absolute Gasteiger partial charge is 0.307 e. The molecular weight excluding hydrogens is 323 g/mol. The van der Waals surface area contributed by atoms with Crippen molar-refractivity contribution in [3.63, 3.8) is 0 Å². The largest absolute Gasteiger partial charge is 0.481 e. The van der Waals surface area contributed by atoms with E-state index in [4.69, 9.17) is 16.7 Å². The number of benzene rings is 1.